The van der Waals surface area contributed by atoms with E-state index in [0.29, 0.717) is 26.2 Å². The average Bonchev–Trinajstić information content (AvgIpc) is 3.23. The number of anilines is 1. The van der Waals surface area contributed by atoms with Gasteiger partial charge < -0.3 is 19.9 Å². The normalized spacial score (nSPS) is 14.2. The molecular weight excluding hydrogens is 396 g/mol. The number of urea groups is 1. The summed E-state index contributed by atoms with van der Waals surface area (Å²) in [6.45, 7) is 6.31. The number of ether oxygens (including phenoxy) is 1. The third kappa shape index (κ3) is 4.84. The molecule has 1 saturated heterocycles. The summed E-state index contributed by atoms with van der Waals surface area (Å²) < 4.78 is 6.84. The summed E-state index contributed by atoms with van der Waals surface area (Å²) in [7, 11) is 0. The van der Waals surface area contributed by atoms with E-state index in [1.807, 2.05) is 30.0 Å². The summed E-state index contributed by atoms with van der Waals surface area (Å²) >= 11 is 1.68. The minimum Gasteiger partial charge on any atom is -0.492 e. The molecule has 3 aromatic rings. The lowest BCUT2D eigenvalue weighted by Crippen LogP contribution is -2.52. The van der Waals surface area contributed by atoms with E-state index in [1.165, 1.54) is 5.56 Å². The van der Waals surface area contributed by atoms with Crippen molar-refractivity contribution in [3.63, 3.8) is 0 Å². The number of para-hydroxylation sites is 1. The Kier molecular flexibility index (Phi) is 6.69. The van der Waals surface area contributed by atoms with Crippen molar-refractivity contribution in [1.82, 2.24) is 15.2 Å². The Morgan fingerprint density at radius 2 is 1.90 bits per heavy atom. The highest BCUT2D eigenvalue weighted by Crippen LogP contribution is 2.34. The zero-order valence-electron chi connectivity index (χ0n) is 17.3. The van der Waals surface area contributed by atoms with Crippen LogP contribution < -0.4 is 15.0 Å². The van der Waals surface area contributed by atoms with Crippen LogP contribution in [0.2, 0.25) is 0 Å². The predicted molar refractivity (Wildman–Crippen MR) is 123 cm³/mol. The van der Waals surface area contributed by atoms with Crippen LogP contribution in [0.4, 0.5) is 9.93 Å². The van der Waals surface area contributed by atoms with E-state index in [2.05, 4.69) is 40.5 Å². The molecule has 0 saturated carbocycles. The quantitative estimate of drug-likeness (QED) is 0.579. The van der Waals surface area contributed by atoms with Crippen molar-refractivity contribution < 1.29 is 9.53 Å². The number of carbonyl (C=O) groups excluding carboxylic acids is 1. The first kappa shape index (κ1) is 20.5. The minimum absolute atomic E-state index is 0.0330. The van der Waals surface area contributed by atoms with Crippen LogP contribution in [-0.2, 0) is 6.42 Å². The lowest BCUT2D eigenvalue weighted by Gasteiger charge is -2.34. The van der Waals surface area contributed by atoms with E-state index in [9.17, 15) is 4.79 Å². The van der Waals surface area contributed by atoms with E-state index in [1.54, 1.807) is 11.3 Å². The highest BCUT2D eigenvalue weighted by atomic mass is 32.1. The van der Waals surface area contributed by atoms with Gasteiger partial charge >= 0.3 is 6.03 Å². The summed E-state index contributed by atoms with van der Waals surface area (Å²) in [4.78, 5) is 21.5. The molecule has 158 valence electrons. The van der Waals surface area contributed by atoms with Gasteiger partial charge in [0.05, 0.1) is 11.3 Å². The van der Waals surface area contributed by atoms with Crippen LogP contribution in [0.3, 0.4) is 0 Å². The van der Waals surface area contributed by atoms with Gasteiger partial charge in [0.25, 0.3) is 0 Å². The first-order valence-corrected chi connectivity index (χ1v) is 11.4. The molecule has 30 heavy (non-hydrogen) atoms. The first-order valence-electron chi connectivity index (χ1n) is 10.6. The topological polar surface area (TPSA) is 57.7 Å². The van der Waals surface area contributed by atoms with Gasteiger partial charge in [0.2, 0.25) is 0 Å². The fourth-order valence-electron chi connectivity index (χ4n) is 3.66. The van der Waals surface area contributed by atoms with E-state index in [-0.39, 0.29) is 6.03 Å². The molecule has 0 unspecified atom stereocenters. The molecule has 2 heterocycles. The van der Waals surface area contributed by atoms with Gasteiger partial charge in [0, 0.05) is 32.7 Å². The van der Waals surface area contributed by atoms with Crippen molar-refractivity contribution >= 4 is 32.7 Å². The van der Waals surface area contributed by atoms with Crippen molar-refractivity contribution in [3.8, 4) is 5.75 Å². The molecule has 1 fully saturated rings. The number of aromatic nitrogens is 1. The molecule has 1 N–H and O–H groups in total. The van der Waals surface area contributed by atoms with E-state index in [4.69, 9.17) is 9.72 Å². The zero-order valence-corrected chi connectivity index (χ0v) is 18.2. The van der Waals surface area contributed by atoms with E-state index < -0.39 is 0 Å². The van der Waals surface area contributed by atoms with Crippen LogP contribution in [0.5, 0.6) is 5.75 Å². The Hall–Kier alpha value is -2.80. The second kappa shape index (κ2) is 9.80. The highest BCUT2D eigenvalue weighted by molar-refractivity contribution is 7.22. The fourth-order valence-corrected chi connectivity index (χ4v) is 4.70. The molecular formula is C23H28N4O2S. The summed E-state index contributed by atoms with van der Waals surface area (Å²) in [5, 5.41) is 4.06. The lowest BCUT2D eigenvalue weighted by atomic mass is 10.1. The minimum atomic E-state index is 0.0330. The molecule has 6 nitrogen and oxygen atoms in total. The number of carbonyl (C=O) groups is 1. The van der Waals surface area contributed by atoms with Gasteiger partial charge in [-0.15, -0.1) is 0 Å². The van der Waals surface area contributed by atoms with Crippen LogP contribution in [0.15, 0.2) is 48.5 Å². The van der Waals surface area contributed by atoms with Crippen LogP contribution in [0.1, 0.15) is 18.9 Å². The maximum atomic E-state index is 12.5. The number of hydrogen-bond donors (Lipinski definition) is 1. The van der Waals surface area contributed by atoms with E-state index in [0.717, 1.165) is 47.0 Å². The van der Waals surface area contributed by atoms with Crippen LogP contribution in [0, 0.1) is 0 Å². The average molecular weight is 425 g/mol. The molecule has 2 aromatic carbocycles. The number of thiazole rings is 1. The SMILES string of the molecule is CCOc1cccc2sc(N3CCN(C(=O)NCCCc4ccccc4)CC3)nc12. The third-order valence-electron chi connectivity index (χ3n) is 5.27. The zero-order chi connectivity index (χ0) is 20.8. The lowest BCUT2D eigenvalue weighted by molar-refractivity contribution is 0.194. The molecule has 1 aliphatic heterocycles. The summed E-state index contributed by atoms with van der Waals surface area (Å²) in [5.41, 5.74) is 2.24. The molecule has 2 amide bonds. The van der Waals surface area contributed by atoms with Crippen LogP contribution >= 0.6 is 11.3 Å². The van der Waals surface area contributed by atoms with Crippen molar-refractivity contribution in [1.29, 1.82) is 0 Å². The Balaban J connectivity index is 1.26. The van der Waals surface area contributed by atoms with Crippen molar-refractivity contribution in [2.24, 2.45) is 0 Å². The van der Waals surface area contributed by atoms with Crippen molar-refractivity contribution in [2.45, 2.75) is 19.8 Å². The monoisotopic (exact) mass is 424 g/mol. The van der Waals surface area contributed by atoms with Gasteiger partial charge in [-0.3, -0.25) is 0 Å². The van der Waals surface area contributed by atoms with Crippen molar-refractivity contribution in [3.05, 3.63) is 54.1 Å². The number of aryl methyl sites for hydroxylation is 1. The second-order valence-electron chi connectivity index (χ2n) is 7.33. The molecule has 7 heteroatoms. The highest BCUT2D eigenvalue weighted by Gasteiger charge is 2.23. The molecule has 1 aliphatic rings. The van der Waals surface area contributed by atoms with Crippen molar-refractivity contribution in [2.75, 3.05) is 44.2 Å². The molecule has 0 radical (unpaired) electrons. The number of nitrogens with zero attached hydrogens (tertiary/aromatic N) is 3. The number of fused-ring (bicyclic) bond motifs is 1. The van der Waals surface area contributed by atoms with Gasteiger partial charge in [0.1, 0.15) is 11.3 Å². The Bertz CT molecular complexity index is 968. The Labute approximate surface area is 181 Å². The van der Waals surface area contributed by atoms with E-state index >= 15 is 0 Å². The Morgan fingerprint density at radius 1 is 1.10 bits per heavy atom. The molecule has 4 rings (SSSR count). The van der Waals surface area contributed by atoms with Gasteiger partial charge in [-0.05, 0) is 37.5 Å². The summed E-state index contributed by atoms with van der Waals surface area (Å²) in [5.74, 6) is 0.839. The number of amides is 2. The number of rotatable bonds is 7. The number of piperazine rings is 1. The number of hydrogen-bond acceptors (Lipinski definition) is 5. The van der Waals surface area contributed by atoms with Crippen LogP contribution in [0.25, 0.3) is 10.2 Å². The maximum Gasteiger partial charge on any atom is 0.317 e. The molecule has 1 aromatic heterocycles. The Morgan fingerprint density at radius 3 is 2.67 bits per heavy atom. The van der Waals surface area contributed by atoms with Gasteiger partial charge in [-0.2, -0.15) is 0 Å². The predicted octanol–water partition coefficient (Wildman–Crippen LogP) is 4.16. The number of benzene rings is 2. The molecule has 0 spiro atoms. The number of nitrogens with one attached hydrogen (secondary N) is 1. The van der Waals surface area contributed by atoms with Gasteiger partial charge in [0.15, 0.2) is 5.13 Å². The third-order valence-corrected chi connectivity index (χ3v) is 6.35. The van der Waals surface area contributed by atoms with Crippen LogP contribution in [-0.4, -0.2) is 55.2 Å². The largest absolute Gasteiger partial charge is 0.492 e. The summed E-state index contributed by atoms with van der Waals surface area (Å²) in [6, 6.07) is 16.5. The maximum absolute atomic E-state index is 12.5. The summed E-state index contributed by atoms with van der Waals surface area (Å²) in [6.07, 6.45) is 1.93. The fraction of sp³-hybridized carbons (Fsp3) is 0.391. The standard InChI is InChI=1S/C23H28N4O2S/c1-2-29-19-11-6-12-20-21(19)25-23(30-20)27-16-14-26(15-17-27)22(28)24-13-7-10-18-8-4-3-5-9-18/h3-6,8-9,11-12H,2,7,10,13-17H2,1H3,(H,24,28). The smallest absolute Gasteiger partial charge is 0.317 e. The van der Waals surface area contributed by atoms with Gasteiger partial charge in [-0.25, -0.2) is 9.78 Å². The molecule has 0 aliphatic carbocycles. The second-order valence-corrected chi connectivity index (χ2v) is 8.34. The molecule has 0 atom stereocenters. The molecule has 0 bridgehead atoms. The first-order chi connectivity index (χ1) is 14.7. The van der Waals surface area contributed by atoms with Gasteiger partial charge in [-0.1, -0.05) is 47.7 Å².